The zero-order chi connectivity index (χ0) is 20.8. The molecule has 0 atom stereocenters. The minimum Gasteiger partial charge on any atom is -0.486 e. The number of hydrogen-bond acceptors (Lipinski definition) is 4. The predicted molar refractivity (Wildman–Crippen MR) is 118 cm³/mol. The van der Waals surface area contributed by atoms with Crippen molar-refractivity contribution in [2.75, 3.05) is 6.54 Å². The largest absolute Gasteiger partial charge is 0.486 e. The Bertz CT molecular complexity index is 930. The second kappa shape index (κ2) is 9.70. The molecule has 0 spiro atoms. The number of rotatable bonds is 8. The van der Waals surface area contributed by atoms with Crippen LogP contribution in [0.2, 0.25) is 0 Å². The Morgan fingerprint density at radius 2 is 1.79 bits per heavy atom. The van der Waals surface area contributed by atoms with Crippen LogP contribution < -0.4 is 4.74 Å². The first-order valence-electron chi connectivity index (χ1n) is 9.89. The molecular formula is C24H28N2O2S. The molecule has 0 N–H and O–H groups in total. The van der Waals surface area contributed by atoms with Crippen molar-refractivity contribution < 1.29 is 9.53 Å². The SMILES string of the molecule is Cc1cc(C)cc(OCc2nc(CN(CC(C)C)C(=O)c3ccccc3)cs2)c1. The average Bonchev–Trinajstić information content (AvgIpc) is 3.12. The Balaban J connectivity index is 1.66. The van der Waals surface area contributed by atoms with Crippen molar-refractivity contribution in [3.63, 3.8) is 0 Å². The molecular weight excluding hydrogens is 380 g/mol. The standard InChI is InChI=1S/C24H28N2O2S/c1-17(2)13-26(24(27)20-8-6-5-7-9-20)14-21-16-29-23(25-21)15-28-22-11-18(3)10-19(4)12-22/h5-12,16-17H,13-15H2,1-4H3. The quantitative estimate of drug-likeness (QED) is 0.484. The molecule has 1 heterocycles. The fraction of sp³-hybridized carbons (Fsp3) is 0.333. The van der Waals surface area contributed by atoms with Crippen molar-refractivity contribution in [1.29, 1.82) is 0 Å². The van der Waals surface area contributed by atoms with Crippen LogP contribution in [0.1, 0.15) is 46.0 Å². The number of aryl methyl sites for hydroxylation is 2. The summed E-state index contributed by atoms with van der Waals surface area (Å²) in [6.45, 7) is 10.0. The lowest BCUT2D eigenvalue weighted by atomic mass is 10.1. The summed E-state index contributed by atoms with van der Waals surface area (Å²) in [5.74, 6) is 1.29. The number of thiazole rings is 1. The lowest BCUT2D eigenvalue weighted by Crippen LogP contribution is -2.33. The summed E-state index contributed by atoms with van der Waals surface area (Å²) < 4.78 is 5.92. The fourth-order valence-electron chi connectivity index (χ4n) is 3.27. The summed E-state index contributed by atoms with van der Waals surface area (Å²) in [4.78, 5) is 19.5. The molecule has 0 aliphatic heterocycles. The Kier molecular flexibility index (Phi) is 7.04. The first-order valence-corrected chi connectivity index (χ1v) is 10.8. The number of aromatic nitrogens is 1. The van der Waals surface area contributed by atoms with Crippen molar-refractivity contribution in [3.8, 4) is 5.75 Å². The minimum absolute atomic E-state index is 0.0420. The highest BCUT2D eigenvalue weighted by atomic mass is 32.1. The van der Waals surface area contributed by atoms with E-state index in [-0.39, 0.29) is 5.91 Å². The molecule has 0 fully saturated rings. The highest BCUT2D eigenvalue weighted by Crippen LogP contribution is 2.20. The predicted octanol–water partition coefficient (Wildman–Crippen LogP) is 5.64. The van der Waals surface area contributed by atoms with Crippen LogP contribution in [0.4, 0.5) is 0 Å². The van der Waals surface area contributed by atoms with Gasteiger partial charge in [-0.25, -0.2) is 4.98 Å². The molecule has 152 valence electrons. The third kappa shape index (κ3) is 6.16. The summed E-state index contributed by atoms with van der Waals surface area (Å²) in [6.07, 6.45) is 0. The molecule has 0 aliphatic rings. The molecule has 0 radical (unpaired) electrons. The summed E-state index contributed by atoms with van der Waals surface area (Å²) in [5.41, 5.74) is 3.98. The van der Waals surface area contributed by atoms with E-state index in [1.54, 1.807) is 11.3 Å². The molecule has 29 heavy (non-hydrogen) atoms. The second-order valence-corrected chi connectivity index (χ2v) is 8.73. The van der Waals surface area contributed by atoms with Crippen molar-refractivity contribution in [1.82, 2.24) is 9.88 Å². The van der Waals surface area contributed by atoms with E-state index in [1.165, 1.54) is 11.1 Å². The van der Waals surface area contributed by atoms with Crippen LogP contribution in [0, 0.1) is 19.8 Å². The lowest BCUT2D eigenvalue weighted by molar-refractivity contribution is 0.0720. The van der Waals surface area contributed by atoms with Crippen molar-refractivity contribution in [2.45, 2.75) is 40.8 Å². The zero-order valence-electron chi connectivity index (χ0n) is 17.5. The van der Waals surface area contributed by atoms with Crippen LogP contribution in [-0.2, 0) is 13.2 Å². The summed E-state index contributed by atoms with van der Waals surface area (Å²) >= 11 is 1.57. The Labute approximate surface area is 177 Å². The molecule has 0 saturated heterocycles. The third-order valence-electron chi connectivity index (χ3n) is 4.40. The lowest BCUT2D eigenvalue weighted by Gasteiger charge is -2.24. The average molecular weight is 409 g/mol. The fourth-order valence-corrected chi connectivity index (χ4v) is 3.96. The van der Waals surface area contributed by atoms with Gasteiger partial charge in [0.05, 0.1) is 12.2 Å². The van der Waals surface area contributed by atoms with E-state index >= 15 is 0 Å². The van der Waals surface area contributed by atoms with Crippen LogP contribution in [0.15, 0.2) is 53.9 Å². The van der Waals surface area contributed by atoms with Crippen LogP contribution in [0.5, 0.6) is 5.75 Å². The third-order valence-corrected chi connectivity index (χ3v) is 5.27. The van der Waals surface area contributed by atoms with Gasteiger partial charge in [-0.15, -0.1) is 11.3 Å². The van der Waals surface area contributed by atoms with E-state index in [2.05, 4.69) is 33.8 Å². The molecule has 0 saturated carbocycles. The molecule has 2 aromatic carbocycles. The van der Waals surface area contributed by atoms with Crippen LogP contribution >= 0.6 is 11.3 Å². The normalized spacial score (nSPS) is 10.9. The van der Waals surface area contributed by atoms with E-state index in [1.807, 2.05) is 52.7 Å². The van der Waals surface area contributed by atoms with Crippen molar-refractivity contribution in [3.05, 3.63) is 81.3 Å². The Morgan fingerprint density at radius 1 is 1.10 bits per heavy atom. The van der Waals surface area contributed by atoms with Gasteiger partial charge in [-0.05, 0) is 55.2 Å². The molecule has 1 amide bonds. The zero-order valence-corrected chi connectivity index (χ0v) is 18.3. The van der Waals surface area contributed by atoms with Gasteiger partial charge in [0.25, 0.3) is 5.91 Å². The van der Waals surface area contributed by atoms with E-state index in [9.17, 15) is 4.79 Å². The summed E-state index contributed by atoms with van der Waals surface area (Å²) in [5, 5.41) is 2.93. The maximum atomic E-state index is 12.9. The molecule has 5 heteroatoms. The number of amides is 1. The number of carbonyl (C=O) groups excluding carboxylic acids is 1. The maximum Gasteiger partial charge on any atom is 0.254 e. The van der Waals surface area contributed by atoms with Gasteiger partial charge in [0.15, 0.2) is 0 Å². The van der Waals surface area contributed by atoms with Crippen LogP contribution in [0.3, 0.4) is 0 Å². The first-order chi connectivity index (χ1) is 13.9. The molecule has 3 aromatic rings. The van der Waals surface area contributed by atoms with E-state index in [4.69, 9.17) is 9.72 Å². The summed E-state index contributed by atoms with van der Waals surface area (Å²) in [7, 11) is 0. The van der Waals surface area contributed by atoms with Crippen LogP contribution in [-0.4, -0.2) is 22.3 Å². The van der Waals surface area contributed by atoms with E-state index < -0.39 is 0 Å². The van der Waals surface area contributed by atoms with E-state index in [0.717, 1.165) is 16.5 Å². The highest BCUT2D eigenvalue weighted by molar-refractivity contribution is 7.09. The topological polar surface area (TPSA) is 42.4 Å². The van der Waals surface area contributed by atoms with Gasteiger partial charge in [-0.2, -0.15) is 0 Å². The van der Waals surface area contributed by atoms with Crippen LogP contribution in [0.25, 0.3) is 0 Å². The molecule has 4 nitrogen and oxygen atoms in total. The molecule has 1 aromatic heterocycles. The molecule has 3 rings (SSSR count). The van der Waals surface area contributed by atoms with Gasteiger partial charge in [-0.1, -0.05) is 38.1 Å². The Morgan fingerprint density at radius 3 is 2.45 bits per heavy atom. The Hall–Kier alpha value is -2.66. The smallest absolute Gasteiger partial charge is 0.254 e. The second-order valence-electron chi connectivity index (χ2n) is 7.79. The van der Waals surface area contributed by atoms with Crippen molar-refractivity contribution >= 4 is 17.2 Å². The summed E-state index contributed by atoms with van der Waals surface area (Å²) in [6, 6.07) is 15.6. The highest BCUT2D eigenvalue weighted by Gasteiger charge is 2.18. The molecule has 0 aliphatic carbocycles. The maximum absolute atomic E-state index is 12.9. The monoisotopic (exact) mass is 408 g/mol. The number of carbonyl (C=O) groups is 1. The van der Waals surface area contributed by atoms with Crippen molar-refractivity contribution in [2.24, 2.45) is 5.92 Å². The number of ether oxygens (including phenoxy) is 1. The number of hydrogen-bond donors (Lipinski definition) is 0. The van der Waals surface area contributed by atoms with Gasteiger partial charge >= 0.3 is 0 Å². The van der Waals surface area contributed by atoms with Gasteiger partial charge in [-0.3, -0.25) is 4.79 Å². The van der Waals surface area contributed by atoms with Gasteiger partial charge < -0.3 is 9.64 Å². The number of nitrogens with zero attached hydrogens (tertiary/aromatic N) is 2. The molecule has 0 bridgehead atoms. The molecule has 0 unspecified atom stereocenters. The van der Waals surface area contributed by atoms with E-state index in [0.29, 0.717) is 31.2 Å². The van der Waals surface area contributed by atoms with Gasteiger partial charge in [0.1, 0.15) is 17.4 Å². The van der Waals surface area contributed by atoms with Gasteiger partial charge in [0, 0.05) is 17.5 Å². The minimum atomic E-state index is 0.0420. The van der Waals surface area contributed by atoms with Gasteiger partial charge in [0.2, 0.25) is 0 Å². The number of benzene rings is 2. The first kappa shape index (κ1) is 21.1.